The molecule has 0 N–H and O–H groups in total. The van der Waals surface area contributed by atoms with Gasteiger partial charge in [0.2, 0.25) is 5.91 Å². The molecule has 2 aliphatic heterocycles. The van der Waals surface area contributed by atoms with Gasteiger partial charge in [0.05, 0.1) is 20.8 Å². The number of hydrogen-bond donors (Lipinski definition) is 0. The molecule has 0 radical (unpaired) electrons. The summed E-state index contributed by atoms with van der Waals surface area (Å²) in [6.45, 7) is 5.78. The molecular formula is C25H32N2O4. The van der Waals surface area contributed by atoms with Gasteiger partial charge in [-0.05, 0) is 55.3 Å². The first-order chi connectivity index (χ1) is 15.1. The topological polar surface area (TPSA) is 51.2 Å². The van der Waals surface area contributed by atoms with Crippen LogP contribution < -0.4 is 14.2 Å². The van der Waals surface area contributed by atoms with Gasteiger partial charge in [-0.3, -0.25) is 9.69 Å². The number of amides is 1. The predicted molar refractivity (Wildman–Crippen MR) is 119 cm³/mol. The van der Waals surface area contributed by atoms with Crippen LogP contribution >= 0.6 is 0 Å². The number of carbonyl (C=O) groups excluding carboxylic acids is 1. The Morgan fingerprint density at radius 2 is 1.81 bits per heavy atom. The molecule has 0 unspecified atom stereocenters. The zero-order valence-electron chi connectivity index (χ0n) is 18.7. The average Bonchev–Trinajstić information content (AvgIpc) is 2.99. The molecule has 2 aliphatic rings. The quantitative estimate of drug-likeness (QED) is 0.732. The second-order valence-corrected chi connectivity index (χ2v) is 8.51. The number of hydrogen-bond acceptors (Lipinski definition) is 5. The summed E-state index contributed by atoms with van der Waals surface area (Å²) in [5, 5.41) is 0. The fourth-order valence-corrected chi connectivity index (χ4v) is 4.62. The fourth-order valence-electron chi connectivity index (χ4n) is 4.62. The molecule has 31 heavy (non-hydrogen) atoms. The summed E-state index contributed by atoms with van der Waals surface area (Å²) in [5.74, 6) is 2.98. The van der Waals surface area contributed by atoms with Crippen molar-refractivity contribution in [3.8, 4) is 17.2 Å². The molecule has 1 amide bonds. The number of benzene rings is 2. The van der Waals surface area contributed by atoms with Crippen molar-refractivity contribution >= 4 is 5.91 Å². The molecule has 2 atom stereocenters. The highest BCUT2D eigenvalue weighted by Crippen LogP contribution is 2.33. The molecule has 2 aromatic carbocycles. The van der Waals surface area contributed by atoms with E-state index < -0.39 is 0 Å². The number of nitrogens with zero attached hydrogens (tertiary/aromatic N) is 2. The first-order valence-electron chi connectivity index (χ1n) is 11.0. The Kier molecular flexibility index (Phi) is 6.66. The summed E-state index contributed by atoms with van der Waals surface area (Å²) in [6.07, 6.45) is 2.23. The first-order valence-corrected chi connectivity index (χ1v) is 11.0. The smallest absolute Gasteiger partial charge is 0.219 e. The molecule has 1 saturated heterocycles. The van der Waals surface area contributed by atoms with E-state index in [0.717, 1.165) is 55.3 Å². The maximum Gasteiger partial charge on any atom is 0.219 e. The third-order valence-electron chi connectivity index (χ3n) is 6.39. The van der Waals surface area contributed by atoms with E-state index in [4.69, 9.17) is 14.2 Å². The molecule has 6 nitrogen and oxygen atoms in total. The number of likely N-dealkylation sites (tertiary alicyclic amines) is 1. The monoisotopic (exact) mass is 424 g/mol. The van der Waals surface area contributed by atoms with Gasteiger partial charge in [0, 0.05) is 38.0 Å². The molecule has 4 rings (SSSR count). The molecule has 6 heteroatoms. The van der Waals surface area contributed by atoms with Crippen LogP contribution in [0.4, 0.5) is 0 Å². The van der Waals surface area contributed by atoms with Gasteiger partial charge in [0.15, 0.2) is 0 Å². The van der Waals surface area contributed by atoms with Gasteiger partial charge in [-0.2, -0.15) is 0 Å². The summed E-state index contributed by atoms with van der Waals surface area (Å²) in [7, 11) is 3.35. The SMILES string of the molecule is COc1ccc(CN2CCC[C@H]([C@@H]3CN(C(C)=O)Cc4cc(OC)ccc4O3)C2)cc1. The lowest BCUT2D eigenvalue weighted by Crippen LogP contribution is -2.46. The molecule has 1 fully saturated rings. The Balaban J connectivity index is 1.48. The maximum atomic E-state index is 12.3. The fraction of sp³-hybridized carbons (Fsp3) is 0.480. The third kappa shape index (κ3) is 5.13. The molecule has 2 heterocycles. The van der Waals surface area contributed by atoms with E-state index in [1.807, 2.05) is 35.2 Å². The van der Waals surface area contributed by atoms with Gasteiger partial charge in [-0.1, -0.05) is 12.1 Å². The molecule has 0 saturated carbocycles. The maximum absolute atomic E-state index is 12.3. The molecule has 0 aromatic heterocycles. The van der Waals surface area contributed by atoms with Crippen molar-refractivity contribution in [1.82, 2.24) is 9.80 Å². The summed E-state index contributed by atoms with van der Waals surface area (Å²) in [6, 6.07) is 14.2. The third-order valence-corrected chi connectivity index (χ3v) is 6.39. The number of rotatable bonds is 5. The molecular weight excluding hydrogens is 392 g/mol. The van der Waals surface area contributed by atoms with E-state index in [2.05, 4.69) is 17.0 Å². The molecule has 0 spiro atoms. The molecule has 166 valence electrons. The van der Waals surface area contributed by atoms with Crippen LogP contribution in [-0.4, -0.2) is 55.7 Å². The van der Waals surface area contributed by atoms with Crippen molar-refractivity contribution in [3.05, 3.63) is 53.6 Å². The van der Waals surface area contributed by atoms with Crippen molar-refractivity contribution in [1.29, 1.82) is 0 Å². The van der Waals surface area contributed by atoms with Crippen molar-refractivity contribution in [2.24, 2.45) is 5.92 Å². The van der Waals surface area contributed by atoms with Crippen LogP contribution in [-0.2, 0) is 17.9 Å². The lowest BCUT2D eigenvalue weighted by Gasteiger charge is -2.37. The zero-order chi connectivity index (χ0) is 21.8. The van der Waals surface area contributed by atoms with Gasteiger partial charge in [-0.25, -0.2) is 0 Å². The van der Waals surface area contributed by atoms with Crippen LogP contribution in [0.2, 0.25) is 0 Å². The van der Waals surface area contributed by atoms with Crippen molar-refractivity contribution in [2.75, 3.05) is 33.9 Å². The van der Waals surface area contributed by atoms with E-state index in [0.29, 0.717) is 19.0 Å². The van der Waals surface area contributed by atoms with Gasteiger partial charge in [0.25, 0.3) is 0 Å². The highest BCUT2D eigenvalue weighted by molar-refractivity contribution is 5.73. The second-order valence-electron chi connectivity index (χ2n) is 8.51. The lowest BCUT2D eigenvalue weighted by molar-refractivity contribution is -0.130. The summed E-state index contributed by atoms with van der Waals surface area (Å²) in [5.41, 5.74) is 2.29. The highest BCUT2D eigenvalue weighted by atomic mass is 16.5. The molecule has 0 aliphatic carbocycles. The summed E-state index contributed by atoms with van der Waals surface area (Å²) in [4.78, 5) is 16.7. The van der Waals surface area contributed by atoms with Crippen LogP contribution in [0.15, 0.2) is 42.5 Å². The highest BCUT2D eigenvalue weighted by Gasteiger charge is 2.33. The average molecular weight is 425 g/mol. The van der Waals surface area contributed by atoms with Crippen LogP contribution in [0.25, 0.3) is 0 Å². The normalized spacial score (nSPS) is 21.6. The number of carbonyl (C=O) groups is 1. The van der Waals surface area contributed by atoms with Gasteiger partial charge in [-0.15, -0.1) is 0 Å². The van der Waals surface area contributed by atoms with Crippen molar-refractivity contribution in [3.63, 3.8) is 0 Å². The summed E-state index contributed by atoms with van der Waals surface area (Å²) >= 11 is 0. The van der Waals surface area contributed by atoms with Gasteiger partial charge < -0.3 is 19.1 Å². The van der Waals surface area contributed by atoms with E-state index in [1.165, 1.54) is 5.56 Å². The van der Waals surface area contributed by atoms with E-state index in [1.54, 1.807) is 21.1 Å². The van der Waals surface area contributed by atoms with E-state index in [9.17, 15) is 4.79 Å². The largest absolute Gasteiger partial charge is 0.497 e. The van der Waals surface area contributed by atoms with Crippen LogP contribution in [0.1, 0.15) is 30.9 Å². The van der Waals surface area contributed by atoms with Crippen LogP contribution in [0.3, 0.4) is 0 Å². The van der Waals surface area contributed by atoms with Crippen LogP contribution in [0.5, 0.6) is 17.2 Å². The number of methoxy groups -OCH3 is 2. The molecule has 2 aromatic rings. The van der Waals surface area contributed by atoms with Gasteiger partial charge in [0.1, 0.15) is 23.4 Å². The Morgan fingerprint density at radius 1 is 1.06 bits per heavy atom. The molecule has 0 bridgehead atoms. The lowest BCUT2D eigenvalue weighted by atomic mass is 9.91. The second kappa shape index (κ2) is 9.60. The number of fused-ring (bicyclic) bond motifs is 1. The standard InChI is InChI=1S/C25H32N2O4/c1-18(28)27-16-21-13-23(30-3)10-11-24(21)31-25(17-27)20-5-4-12-26(15-20)14-19-6-8-22(29-2)9-7-19/h6-11,13,20,25H,4-5,12,14-17H2,1-3H3/t20-,25-/m0/s1. The Hall–Kier alpha value is -2.73. The summed E-state index contributed by atoms with van der Waals surface area (Å²) < 4.78 is 17.2. The minimum Gasteiger partial charge on any atom is -0.497 e. The van der Waals surface area contributed by atoms with E-state index in [-0.39, 0.29) is 12.0 Å². The minimum atomic E-state index is -0.0165. The number of piperidine rings is 1. The minimum absolute atomic E-state index is 0.0165. The Bertz CT molecular complexity index is 899. The Labute approximate surface area is 184 Å². The zero-order valence-corrected chi connectivity index (χ0v) is 18.7. The van der Waals surface area contributed by atoms with Crippen LogP contribution in [0, 0.1) is 5.92 Å². The first kappa shape index (κ1) is 21.5. The number of ether oxygens (including phenoxy) is 3. The van der Waals surface area contributed by atoms with Crippen molar-refractivity contribution in [2.45, 2.75) is 39.0 Å². The van der Waals surface area contributed by atoms with Crippen molar-refractivity contribution < 1.29 is 19.0 Å². The van der Waals surface area contributed by atoms with E-state index >= 15 is 0 Å². The predicted octanol–water partition coefficient (Wildman–Crippen LogP) is 3.73. The van der Waals surface area contributed by atoms with Gasteiger partial charge >= 0.3 is 0 Å². The Morgan fingerprint density at radius 3 is 2.52 bits per heavy atom.